The van der Waals surface area contributed by atoms with Gasteiger partial charge < -0.3 is 4.74 Å². The van der Waals surface area contributed by atoms with E-state index in [4.69, 9.17) is 0 Å². The zero-order valence-electron chi connectivity index (χ0n) is 5.97. The molecular weight excluding hydrogens is 196 g/mol. The van der Waals surface area contributed by atoms with Crippen LogP contribution in [0.25, 0.3) is 0 Å². The van der Waals surface area contributed by atoms with E-state index in [9.17, 15) is 4.79 Å². The van der Waals surface area contributed by atoms with Crippen LogP contribution in [0.3, 0.4) is 0 Å². The summed E-state index contributed by atoms with van der Waals surface area (Å²) in [6, 6.07) is 0. The Labute approximate surface area is 69.1 Å². The smallest absolute Gasteiger partial charge is 0.308 e. The second-order valence-electron chi connectivity index (χ2n) is 2.62. The molecule has 0 unspecified atom stereocenters. The number of carbonyl (C=O) groups is 1. The number of rotatable bonds is 2. The van der Waals surface area contributed by atoms with E-state index in [1.54, 1.807) is 0 Å². The van der Waals surface area contributed by atoms with E-state index in [0.29, 0.717) is 5.92 Å². The molecule has 1 aliphatic carbocycles. The van der Waals surface area contributed by atoms with Crippen LogP contribution in [0.1, 0.15) is 12.8 Å². The van der Waals surface area contributed by atoms with E-state index in [0.717, 1.165) is 18.2 Å². The summed E-state index contributed by atoms with van der Waals surface area (Å²) in [5, 5.41) is 0.923. The largest absolute Gasteiger partial charge is 0.469 e. The minimum Gasteiger partial charge on any atom is -0.469 e. The Morgan fingerprint density at radius 2 is 2.40 bits per heavy atom. The van der Waals surface area contributed by atoms with Crippen LogP contribution >= 0.6 is 15.9 Å². The Hall–Kier alpha value is -0.0500. The molecule has 0 N–H and O–H groups in total. The SMILES string of the molecule is COC(=O)[C@@H]1CC[C@@H]1CBr. The molecule has 0 saturated heterocycles. The second kappa shape index (κ2) is 3.37. The standard InChI is InChI=1S/C7H11BrO2/c1-10-7(9)6-3-2-5(6)4-8/h5-6H,2-4H2,1H3/t5-,6-/m1/s1. The van der Waals surface area contributed by atoms with E-state index in [1.165, 1.54) is 7.11 Å². The minimum absolute atomic E-state index is 0.0456. The summed E-state index contributed by atoms with van der Waals surface area (Å²) < 4.78 is 4.63. The van der Waals surface area contributed by atoms with E-state index < -0.39 is 0 Å². The van der Waals surface area contributed by atoms with Crippen LogP contribution in [0.4, 0.5) is 0 Å². The topological polar surface area (TPSA) is 26.3 Å². The summed E-state index contributed by atoms with van der Waals surface area (Å²) in [5.41, 5.74) is 0. The van der Waals surface area contributed by atoms with Gasteiger partial charge in [-0.3, -0.25) is 4.79 Å². The first-order chi connectivity index (χ1) is 4.79. The predicted molar refractivity (Wildman–Crippen MR) is 42.0 cm³/mol. The molecule has 1 fully saturated rings. The van der Waals surface area contributed by atoms with Crippen molar-refractivity contribution in [2.45, 2.75) is 12.8 Å². The number of carbonyl (C=O) groups excluding carboxylic acids is 1. The molecule has 0 amide bonds. The molecule has 2 atom stereocenters. The van der Waals surface area contributed by atoms with Gasteiger partial charge >= 0.3 is 5.97 Å². The van der Waals surface area contributed by atoms with Crippen molar-refractivity contribution >= 4 is 21.9 Å². The van der Waals surface area contributed by atoms with Crippen LogP contribution in [0.5, 0.6) is 0 Å². The Kier molecular flexibility index (Phi) is 2.72. The van der Waals surface area contributed by atoms with E-state index in [-0.39, 0.29) is 11.9 Å². The maximum Gasteiger partial charge on any atom is 0.308 e. The van der Waals surface area contributed by atoms with Gasteiger partial charge in [0.05, 0.1) is 13.0 Å². The molecule has 0 spiro atoms. The van der Waals surface area contributed by atoms with Crippen molar-refractivity contribution in [1.82, 2.24) is 0 Å². The van der Waals surface area contributed by atoms with Crippen LogP contribution in [0.2, 0.25) is 0 Å². The van der Waals surface area contributed by atoms with Crippen LogP contribution in [0.15, 0.2) is 0 Å². The number of ether oxygens (including phenoxy) is 1. The van der Waals surface area contributed by atoms with Crippen LogP contribution in [-0.4, -0.2) is 18.4 Å². The molecule has 1 rings (SSSR count). The van der Waals surface area contributed by atoms with E-state index in [2.05, 4.69) is 20.7 Å². The fraction of sp³-hybridized carbons (Fsp3) is 0.857. The van der Waals surface area contributed by atoms with Crippen molar-refractivity contribution in [3.8, 4) is 0 Å². The Morgan fingerprint density at radius 1 is 1.70 bits per heavy atom. The Morgan fingerprint density at radius 3 is 2.70 bits per heavy atom. The highest BCUT2D eigenvalue weighted by Crippen LogP contribution is 2.36. The molecule has 3 heteroatoms. The summed E-state index contributed by atoms with van der Waals surface area (Å²) in [7, 11) is 1.45. The van der Waals surface area contributed by atoms with Crippen molar-refractivity contribution in [3.05, 3.63) is 0 Å². The highest BCUT2D eigenvalue weighted by atomic mass is 79.9. The maximum atomic E-state index is 10.9. The Balaban J connectivity index is 2.35. The highest BCUT2D eigenvalue weighted by molar-refractivity contribution is 9.09. The van der Waals surface area contributed by atoms with Gasteiger partial charge in [0.15, 0.2) is 0 Å². The third-order valence-electron chi connectivity index (χ3n) is 2.12. The molecular formula is C7H11BrO2. The van der Waals surface area contributed by atoms with Gasteiger partial charge in [0, 0.05) is 5.33 Å². The van der Waals surface area contributed by atoms with Crippen molar-refractivity contribution < 1.29 is 9.53 Å². The van der Waals surface area contributed by atoms with Gasteiger partial charge in [0.25, 0.3) is 0 Å². The second-order valence-corrected chi connectivity index (χ2v) is 3.27. The molecule has 10 heavy (non-hydrogen) atoms. The molecule has 0 radical (unpaired) electrons. The first kappa shape index (κ1) is 8.05. The highest BCUT2D eigenvalue weighted by Gasteiger charge is 2.36. The third-order valence-corrected chi connectivity index (χ3v) is 2.95. The number of alkyl halides is 1. The average Bonchev–Trinajstić information content (AvgIpc) is 1.86. The van der Waals surface area contributed by atoms with Crippen LogP contribution < -0.4 is 0 Å². The Bertz CT molecular complexity index is 134. The normalized spacial score (nSPS) is 31.0. The van der Waals surface area contributed by atoms with Gasteiger partial charge in [0.2, 0.25) is 0 Å². The summed E-state index contributed by atoms with van der Waals surface area (Å²) in [6.45, 7) is 0. The van der Waals surface area contributed by atoms with Crippen molar-refractivity contribution in [2.75, 3.05) is 12.4 Å². The van der Waals surface area contributed by atoms with Gasteiger partial charge in [0.1, 0.15) is 0 Å². The zero-order valence-corrected chi connectivity index (χ0v) is 7.56. The average molecular weight is 207 g/mol. The molecule has 0 aromatic carbocycles. The van der Waals surface area contributed by atoms with Crippen molar-refractivity contribution in [3.63, 3.8) is 0 Å². The fourth-order valence-corrected chi connectivity index (χ4v) is 1.99. The third kappa shape index (κ3) is 1.34. The quantitative estimate of drug-likeness (QED) is 0.507. The minimum atomic E-state index is -0.0456. The predicted octanol–water partition coefficient (Wildman–Crippen LogP) is 1.58. The molecule has 0 aromatic heterocycles. The van der Waals surface area contributed by atoms with Crippen molar-refractivity contribution in [2.24, 2.45) is 11.8 Å². The summed E-state index contributed by atoms with van der Waals surface area (Å²) in [6.07, 6.45) is 2.16. The lowest BCUT2D eigenvalue weighted by Crippen LogP contribution is -2.34. The monoisotopic (exact) mass is 206 g/mol. The fourth-order valence-electron chi connectivity index (χ4n) is 1.22. The summed E-state index contributed by atoms with van der Waals surface area (Å²) >= 11 is 3.36. The van der Waals surface area contributed by atoms with Gasteiger partial charge in [-0.2, -0.15) is 0 Å². The molecule has 58 valence electrons. The summed E-state index contributed by atoms with van der Waals surface area (Å²) in [5.74, 6) is 0.646. The molecule has 0 aliphatic heterocycles. The molecule has 0 bridgehead atoms. The van der Waals surface area contributed by atoms with Gasteiger partial charge in [-0.1, -0.05) is 15.9 Å². The lowest BCUT2D eigenvalue weighted by atomic mass is 9.75. The lowest BCUT2D eigenvalue weighted by Gasteiger charge is -2.32. The molecule has 0 heterocycles. The molecule has 0 aromatic rings. The lowest BCUT2D eigenvalue weighted by molar-refractivity contribution is -0.150. The van der Waals surface area contributed by atoms with Gasteiger partial charge in [-0.25, -0.2) is 0 Å². The summed E-state index contributed by atoms with van der Waals surface area (Å²) in [4.78, 5) is 10.9. The van der Waals surface area contributed by atoms with Crippen LogP contribution in [-0.2, 0) is 9.53 Å². The molecule has 1 aliphatic rings. The first-order valence-corrected chi connectivity index (χ1v) is 4.55. The van der Waals surface area contributed by atoms with Gasteiger partial charge in [-0.05, 0) is 18.8 Å². The number of hydrogen-bond donors (Lipinski definition) is 0. The number of hydrogen-bond acceptors (Lipinski definition) is 2. The first-order valence-electron chi connectivity index (χ1n) is 3.43. The number of esters is 1. The zero-order chi connectivity index (χ0) is 7.56. The van der Waals surface area contributed by atoms with Crippen molar-refractivity contribution in [1.29, 1.82) is 0 Å². The number of methoxy groups -OCH3 is 1. The van der Waals surface area contributed by atoms with Gasteiger partial charge in [-0.15, -0.1) is 0 Å². The maximum absolute atomic E-state index is 10.9. The van der Waals surface area contributed by atoms with Crippen LogP contribution in [0, 0.1) is 11.8 Å². The molecule has 2 nitrogen and oxygen atoms in total. The number of halogens is 1. The molecule has 1 saturated carbocycles. The van der Waals surface area contributed by atoms with E-state index in [1.807, 2.05) is 0 Å². The van der Waals surface area contributed by atoms with E-state index >= 15 is 0 Å².